The van der Waals surface area contributed by atoms with Crippen molar-refractivity contribution in [3.63, 3.8) is 0 Å². The topological polar surface area (TPSA) is 34.0 Å². The van der Waals surface area contributed by atoms with Crippen LogP contribution in [0.3, 0.4) is 0 Å². The van der Waals surface area contributed by atoms with E-state index in [0.717, 1.165) is 22.6 Å². The summed E-state index contributed by atoms with van der Waals surface area (Å²) in [7, 11) is 0. The molecule has 0 saturated heterocycles. The quantitative estimate of drug-likeness (QED) is 0.819. The number of anilines is 1. The second kappa shape index (κ2) is 6.39. The molecule has 22 heavy (non-hydrogen) atoms. The van der Waals surface area contributed by atoms with Crippen LogP contribution in [0.4, 0.5) is 5.69 Å². The van der Waals surface area contributed by atoms with E-state index in [1.54, 1.807) is 0 Å². The lowest BCUT2D eigenvalue weighted by atomic mass is 10.1. The van der Waals surface area contributed by atoms with E-state index in [1.165, 1.54) is 11.1 Å². The molecule has 0 aliphatic rings. The van der Waals surface area contributed by atoms with Crippen LogP contribution in [0.1, 0.15) is 52.8 Å². The van der Waals surface area contributed by atoms with Gasteiger partial charge in [0.05, 0.1) is 6.54 Å². The molecule has 0 unspecified atom stereocenters. The fourth-order valence-electron chi connectivity index (χ4n) is 2.98. The van der Waals surface area contributed by atoms with Crippen LogP contribution >= 0.6 is 0 Å². The summed E-state index contributed by atoms with van der Waals surface area (Å²) in [6.45, 7) is 12.9. The van der Waals surface area contributed by atoms with Crippen molar-refractivity contribution in [3.8, 4) is 0 Å². The number of nitrogens with one attached hydrogen (secondary N) is 1. The summed E-state index contributed by atoms with van der Waals surface area (Å²) in [5, 5.41) is 3.24. The number of hydrogen-bond acceptors (Lipinski definition) is 2. The normalized spacial score (nSPS) is 11.0. The highest BCUT2D eigenvalue weighted by Gasteiger charge is 2.16. The van der Waals surface area contributed by atoms with Gasteiger partial charge in [-0.15, -0.1) is 0 Å². The molecule has 0 radical (unpaired) electrons. The lowest BCUT2D eigenvalue weighted by Crippen LogP contribution is -2.15. The third-order valence-electron chi connectivity index (χ3n) is 4.26. The van der Waals surface area contributed by atoms with E-state index < -0.39 is 0 Å². The molecule has 1 N–H and O–H groups in total. The highest BCUT2D eigenvalue weighted by molar-refractivity contribution is 6.00. The Labute approximate surface area is 133 Å². The zero-order valence-corrected chi connectivity index (χ0v) is 14.4. The summed E-state index contributed by atoms with van der Waals surface area (Å²) < 4.78 is 2.21. The lowest BCUT2D eigenvalue weighted by molar-refractivity contribution is 0.101. The number of ketones is 1. The predicted molar refractivity (Wildman–Crippen MR) is 93.0 cm³/mol. The molecular weight excluding hydrogens is 272 g/mol. The van der Waals surface area contributed by atoms with Crippen LogP contribution in [-0.4, -0.2) is 16.9 Å². The first-order chi connectivity index (χ1) is 10.3. The van der Waals surface area contributed by atoms with E-state index in [2.05, 4.69) is 56.6 Å². The van der Waals surface area contributed by atoms with Crippen molar-refractivity contribution in [2.75, 3.05) is 11.9 Å². The summed E-state index contributed by atoms with van der Waals surface area (Å²) in [4.78, 5) is 12.5. The third kappa shape index (κ3) is 3.24. The summed E-state index contributed by atoms with van der Waals surface area (Å²) in [6.07, 6.45) is 0. The Kier molecular flexibility index (Phi) is 4.74. The average Bonchev–Trinajstić information content (AvgIpc) is 2.75. The first-order valence-corrected chi connectivity index (χ1v) is 7.84. The van der Waals surface area contributed by atoms with Gasteiger partial charge >= 0.3 is 0 Å². The SMILES string of the molecule is Cc1ccc(NCC(=O)c2cc(C)n(C(C)C)c2C)cc1C. The highest BCUT2D eigenvalue weighted by Crippen LogP contribution is 2.21. The fraction of sp³-hybridized carbons (Fsp3) is 0.421. The smallest absolute Gasteiger partial charge is 0.183 e. The Morgan fingerprint density at radius 1 is 1.09 bits per heavy atom. The minimum absolute atomic E-state index is 0.137. The molecule has 0 aliphatic carbocycles. The number of aryl methyl sites for hydroxylation is 3. The van der Waals surface area contributed by atoms with Gasteiger partial charge in [-0.2, -0.15) is 0 Å². The molecule has 0 atom stereocenters. The molecule has 0 fully saturated rings. The Hall–Kier alpha value is -2.03. The van der Waals surface area contributed by atoms with Crippen LogP contribution in [0.5, 0.6) is 0 Å². The maximum atomic E-state index is 12.5. The molecule has 0 bridgehead atoms. The van der Waals surface area contributed by atoms with Crippen LogP contribution in [0.25, 0.3) is 0 Å². The van der Waals surface area contributed by atoms with E-state index in [1.807, 2.05) is 19.1 Å². The summed E-state index contributed by atoms with van der Waals surface area (Å²) in [5.41, 5.74) is 6.51. The van der Waals surface area contributed by atoms with E-state index in [-0.39, 0.29) is 5.78 Å². The highest BCUT2D eigenvalue weighted by atomic mass is 16.1. The summed E-state index contributed by atoms with van der Waals surface area (Å²) >= 11 is 0. The van der Waals surface area contributed by atoms with E-state index >= 15 is 0 Å². The van der Waals surface area contributed by atoms with Crippen LogP contribution in [0, 0.1) is 27.7 Å². The Morgan fingerprint density at radius 3 is 2.32 bits per heavy atom. The molecule has 2 aromatic rings. The number of hydrogen-bond donors (Lipinski definition) is 1. The monoisotopic (exact) mass is 298 g/mol. The van der Waals surface area contributed by atoms with Crippen molar-refractivity contribution >= 4 is 11.5 Å². The third-order valence-corrected chi connectivity index (χ3v) is 4.26. The van der Waals surface area contributed by atoms with Gasteiger partial charge in [0, 0.05) is 28.7 Å². The molecule has 1 heterocycles. The van der Waals surface area contributed by atoms with Crippen molar-refractivity contribution < 1.29 is 4.79 Å². The zero-order valence-electron chi connectivity index (χ0n) is 14.4. The lowest BCUT2D eigenvalue weighted by Gasteiger charge is -2.13. The molecule has 0 aliphatic heterocycles. The number of benzene rings is 1. The number of carbonyl (C=O) groups excluding carboxylic acids is 1. The van der Waals surface area contributed by atoms with Crippen molar-refractivity contribution in [2.24, 2.45) is 0 Å². The van der Waals surface area contributed by atoms with Crippen molar-refractivity contribution in [1.82, 2.24) is 4.57 Å². The summed E-state index contributed by atoms with van der Waals surface area (Å²) in [5.74, 6) is 0.137. The van der Waals surface area contributed by atoms with Crippen LogP contribution in [0.15, 0.2) is 24.3 Å². The minimum atomic E-state index is 0.137. The number of nitrogens with zero attached hydrogens (tertiary/aromatic N) is 1. The number of carbonyl (C=O) groups is 1. The number of rotatable bonds is 5. The first kappa shape index (κ1) is 16.3. The molecule has 0 saturated carbocycles. The van der Waals surface area contributed by atoms with Gasteiger partial charge in [-0.3, -0.25) is 4.79 Å². The van der Waals surface area contributed by atoms with Crippen LogP contribution < -0.4 is 5.32 Å². The van der Waals surface area contributed by atoms with Gasteiger partial charge in [-0.1, -0.05) is 6.07 Å². The minimum Gasteiger partial charge on any atom is -0.378 e. The Bertz CT molecular complexity index is 696. The first-order valence-electron chi connectivity index (χ1n) is 7.84. The maximum absolute atomic E-state index is 12.5. The van der Waals surface area contributed by atoms with Gasteiger partial charge in [-0.25, -0.2) is 0 Å². The van der Waals surface area contributed by atoms with Crippen LogP contribution in [-0.2, 0) is 0 Å². The van der Waals surface area contributed by atoms with Gasteiger partial charge in [0.2, 0.25) is 0 Å². The van der Waals surface area contributed by atoms with E-state index in [4.69, 9.17) is 0 Å². The van der Waals surface area contributed by atoms with E-state index in [9.17, 15) is 4.79 Å². The summed E-state index contributed by atoms with van der Waals surface area (Å²) in [6, 6.07) is 8.55. The molecule has 2 rings (SSSR count). The average molecular weight is 298 g/mol. The molecule has 0 amide bonds. The molecule has 0 spiro atoms. The van der Waals surface area contributed by atoms with E-state index in [0.29, 0.717) is 12.6 Å². The Morgan fingerprint density at radius 2 is 1.77 bits per heavy atom. The van der Waals surface area contributed by atoms with Gasteiger partial charge in [0.25, 0.3) is 0 Å². The second-order valence-electron chi connectivity index (χ2n) is 6.32. The zero-order chi connectivity index (χ0) is 16.4. The molecule has 3 nitrogen and oxygen atoms in total. The van der Waals surface area contributed by atoms with Crippen molar-refractivity contribution in [2.45, 2.75) is 47.6 Å². The van der Waals surface area contributed by atoms with Crippen molar-refractivity contribution in [3.05, 3.63) is 52.3 Å². The number of Topliss-reactive ketones (excluding diaryl/α,β-unsaturated/α-hetero) is 1. The molecule has 118 valence electrons. The largest absolute Gasteiger partial charge is 0.378 e. The molecule has 3 heteroatoms. The standard InChI is InChI=1S/C19H26N2O/c1-12(2)21-15(5)10-18(16(21)6)19(22)11-20-17-8-7-13(3)14(4)9-17/h7-10,12,20H,11H2,1-6H3. The van der Waals surface area contributed by atoms with Gasteiger partial charge < -0.3 is 9.88 Å². The molecule has 1 aromatic carbocycles. The maximum Gasteiger partial charge on any atom is 0.183 e. The van der Waals surface area contributed by atoms with Crippen molar-refractivity contribution in [1.29, 1.82) is 0 Å². The van der Waals surface area contributed by atoms with Gasteiger partial charge in [0.15, 0.2) is 5.78 Å². The van der Waals surface area contributed by atoms with Gasteiger partial charge in [-0.05, 0) is 70.9 Å². The predicted octanol–water partition coefficient (Wildman–Crippen LogP) is 4.60. The second-order valence-corrected chi connectivity index (χ2v) is 6.32. The number of aromatic nitrogens is 1. The van der Waals surface area contributed by atoms with Gasteiger partial charge in [0.1, 0.15) is 0 Å². The fourth-order valence-corrected chi connectivity index (χ4v) is 2.98. The van der Waals surface area contributed by atoms with Crippen LogP contribution in [0.2, 0.25) is 0 Å². The molecule has 1 aromatic heterocycles. The Balaban J connectivity index is 2.13. The molecular formula is C19H26N2O.